The van der Waals surface area contributed by atoms with E-state index in [0.717, 1.165) is 0 Å². The van der Waals surface area contributed by atoms with E-state index in [1.165, 1.54) is 45.6 Å². The van der Waals surface area contributed by atoms with Crippen LogP contribution in [0.5, 0.6) is 0 Å². The molecule has 1 aliphatic carbocycles. The van der Waals surface area contributed by atoms with Gasteiger partial charge in [0.2, 0.25) is 0 Å². The summed E-state index contributed by atoms with van der Waals surface area (Å²) < 4.78 is 4.95. The standard InChI is InChI=1S/C14H27NO2/c1-11(2)14(3,13(16)17-4)15-12-9-7-5-6-8-10-12/h11-12,15H,5-10H2,1-4H3. The maximum atomic E-state index is 12.0. The molecule has 0 radical (unpaired) electrons. The van der Waals surface area contributed by atoms with E-state index in [1.807, 2.05) is 6.92 Å². The van der Waals surface area contributed by atoms with Gasteiger partial charge in [-0.25, -0.2) is 0 Å². The number of methoxy groups -OCH3 is 1. The molecule has 0 heterocycles. The molecular weight excluding hydrogens is 214 g/mol. The molecule has 1 saturated carbocycles. The van der Waals surface area contributed by atoms with E-state index in [4.69, 9.17) is 4.74 Å². The number of nitrogens with one attached hydrogen (secondary N) is 1. The van der Waals surface area contributed by atoms with E-state index >= 15 is 0 Å². The molecule has 0 spiro atoms. The Morgan fingerprint density at radius 3 is 2.18 bits per heavy atom. The molecule has 0 aromatic carbocycles. The summed E-state index contributed by atoms with van der Waals surface area (Å²) in [5, 5.41) is 3.55. The van der Waals surface area contributed by atoms with Gasteiger partial charge in [-0.15, -0.1) is 0 Å². The van der Waals surface area contributed by atoms with Crippen molar-refractivity contribution in [3.05, 3.63) is 0 Å². The Bertz CT molecular complexity index is 245. The van der Waals surface area contributed by atoms with Crippen LogP contribution in [-0.2, 0) is 9.53 Å². The fourth-order valence-corrected chi connectivity index (χ4v) is 2.52. The van der Waals surface area contributed by atoms with Crippen molar-refractivity contribution in [3.63, 3.8) is 0 Å². The lowest BCUT2D eigenvalue weighted by Crippen LogP contribution is -2.57. The van der Waals surface area contributed by atoms with Crippen molar-refractivity contribution in [1.29, 1.82) is 0 Å². The van der Waals surface area contributed by atoms with Crippen LogP contribution in [0.4, 0.5) is 0 Å². The second kappa shape index (κ2) is 6.39. The minimum Gasteiger partial charge on any atom is -0.468 e. The molecule has 17 heavy (non-hydrogen) atoms. The Hall–Kier alpha value is -0.570. The Morgan fingerprint density at radius 2 is 1.76 bits per heavy atom. The van der Waals surface area contributed by atoms with E-state index in [9.17, 15) is 4.79 Å². The summed E-state index contributed by atoms with van der Waals surface area (Å²) in [5.74, 6) is 0.0925. The van der Waals surface area contributed by atoms with Crippen LogP contribution in [0.3, 0.4) is 0 Å². The second-order valence-corrected chi connectivity index (χ2v) is 5.68. The van der Waals surface area contributed by atoms with Gasteiger partial charge in [-0.1, -0.05) is 39.5 Å². The van der Waals surface area contributed by atoms with Crippen LogP contribution in [0.1, 0.15) is 59.3 Å². The minimum atomic E-state index is -0.552. The first kappa shape index (κ1) is 14.5. The molecule has 1 aliphatic rings. The van der Waals surface area contributed by atoms with Crippen LogP contribution in [0.2, 0.25) is 0 Å². The number of esters is 1. The predicted molar refractivity (Wildman–Crippen MR) is 69.9 cm³/mol. The van der Waals surface area contributed by atoms with Crippen molar-refractivity contribution in [1.82, 2.24) is 5.32 Å². The van der Waals surface area contributed by atoms with Crippen molar-refractivity contribution in [2.45, 2.75) is 70.9 Å². The van der Waals surface area contributed by atoms with Gasteiger partial charge in [-0.3, -0.25) is 10.1 Å². The summed E-state index contributed by atoms with van der Waals surface area (Å²) in [6, 6.07) is 0.462. The third-order valence-electron chi connectivity index (χ3n) is 4.12. The molecule has 0 aliphatic heterocycles. The molecule has 1 rings (SSSR count). The van der Waals surface area contributed by atoms with E-state index < -0.39 is 5.54 Å². The van der Waals surface area contributed by atoms with Crippen LogP contribution in [0.25, 0.3) is 0 Å². The summed E-state index contributed by atoms with van der Waals surface area (Å²) in [7, 11) is 1.47. The molecule has 1 N–H and O–H groups in total. The molecule has 3 heteroatoms. The third-order valence-corrected chi connectivity index (χ3v) is 4.12. The van der Waals surface area contributed by atoms with Crippen LogP contribution in [0.15, 0.2) is 0 Å². The summed E-state index contributed by atoms with van der Waals surface area (Å²) in [5.41, 5.74) is -0.552. The first-order valence-corrected chi connectivity index (χ1v) is 6.87. The normalized spacial score (nSPS) is 21.9. The molecular formula is C14H27NO2. The maximum Gasteiger partial charge on any atom is 0.326 e. The highest BCUT2D eigenvalue weighted by Crippen LogP contribution is 2.24. The molecule has 0 aromatic rings. The topological polar surface area (TPSA) is 38.3 Å². The van der Waals surface area contributed by atoms with Gasteiger partial charge in [-0.05, 0) is 25.7 Å². The molecule has 0 aromatic heterocycles. The highest BCUT2D eigenvalue weighted by Gasteiger charge is 2.39. The van der Waals surface area contributed by atoms with E-state index in [2.05, 4.69) is 19.2 Å². The largest absolute Gasteiger partial charge is 0.468 e. The molecule has 0 amide bonds. The van der Waals surface area contributed by atoms with Gasteiger partial charge < -0.3 is 4.74 Å². The second-order valence-electron chi connectivity index (χ2n) is 5.68. The average molecular weight is 241 g/mol. The van der Waals surface area contributed by atoms with Crippen LogP contribution in [-0.4, -0.2) is 24.7 Å². The van der Waals surface area contributed by atoms with Crippen LogP contribution in [0, 0.1) is 5.92 Å². The van der Waals surface area contributed by atoms with Crippen molar-refractivity contribution in [2.24, 2.45) is 5.92 Å². The Kier molecular flexibility index (Phi) is 5.44. The SMILES string of the molecule is COC(=O)C(C)(NC1CCCCCC1)C(C)C. The number of carbonyl (C=O) groups is 1. The summed E-state index contributed by atoms with van der Waals surface area (Å²) in [6.45, 7) is 6.11. The minimum absolute atomic E-state index is 0.142. The van der Waals surface area contributed by atoms with Crippen molar-refractivity contribution >= 4 is 5.97 Å². The fraction of sp³-hybridized carbons (Fsp3) is 0.929. The predicted octanol–water partition coefficient (Wildman–Crippen LogP) is 2.89. The van der Waals surface area contributed by atoms with Gasteiger partial charge in [0.15, 0.2) is 0 Å². The molecule has 0 saturated heterocycles. The number of hydrogen-bond donors (Lipinski definition) is 1. The molecule has 1 unspecified atom stereocenters. The first-order chi connectivity index (χ1) is 8.00. The van der Waals surface area contributed by atoms with Gasteiger partial charge in [0.25, 0.3) is 0 Å². The Labute approximate surface area is 105 Å². The number of rotatable bonds is 4. The number of ether oxygens (including phenoxy) is 1. The monoisotopic (exact) mass is 241 g/mol. The van der Waals surface area contributed by atoms with Crippen molar-refractivity contribution in [3.8, 4) is 0 Å². The van der Waals surface area contributed by atoms with E-state index in [-0.39, 0.29) is 11.9 Å². The Balaban J connectivity index is 2.68. The van der Waals surface area contributed by atoms with Crippen molar-refractivity contribution in [2.75, 3.05) is 7.11 Å². The van der Waals surface area contributed by atoms with Gasteiger partial charge in [0.05, 0.1) is 7.11 Å². The lowest BCUT2D eigenvalue weighted by molar-refractivity contribution is -0.150. The van der Waals surface area contributed by atoms with Crippen LogP contribution < -0.4 is 5.32 Å². The molecule has 3 nitrogen and oxygen atoms in total. The molecule has 100 valence electrons. The number of carbonyl (C=O) groups excluding carboxylic acids is 1. The third kappa shape index (κ3) is 3.70. The van der Waals surface area contributed by atoms with Crippen molar-refractivity contribution < 1.29 is 9.53 Å². The van der Waals surface area contributed by atoms with Gasteiger partial charge in [0.1, 0.15) is 5.54 Å². The lowest BCUT2D eigenvalue weighted by Gasteiger charge is -2.35. The summed E-state index contributed by atoms with van der Waals surface area (Å²) in [4.78, 5) is 12.0. The van der Waals surface area contributed by atoms with Gasteiger partial charge >= 0.3 is 5.97 Å². The highest BCUT2D eigenvalue weighted by molar-refractivity contribution is 5.80. The van der Waals surface area contributed by atoms with E-state index in [0.29, 0.717) is 6.04 Å². The summed E-state index contributed by atoms with van der Waals surface area (Å²) in [6.07, 6.45) is 7.56. The first-order valence-electron chi connectivity index (χ1n) is 6.87. The smallest absolute Gasteiger partial charge is 0.326 e. The van der Waals surface area contributed by atoms with Gasteiger partial charge in [-0.2, -0.15) is 0 Å². The van der Waals surface area contributed by atoms with Crippen LogP contribution >= 0.6 is 0 Å². The zero-order chi connectivity index (χ0) is 12.9. The molecule has 0 bridgehead atoms. The average Bonchev–Trinajstić information content (AvgIpc) is 2.56. The zero-order valence-electron chi connectivity index (χ0n) is 11.7. The van der Waals surface area contributed by atoms with Gasteiger partial charge in [0, 0.05) is 6.04 Å². The Morgan fingerprint density at radius 1 is 1.24 bits per heavy atom. The zero-order valence-corrected chi connectivity index (χ0v) is 11.7. The lowest BCUT2D eigenvalue weighted by atomic mass is 9.86. The summed E-state index contributed by atoms with van der Waals surface area (Å²) >= 11 is 0. The molecule has 1 fully saturated rings. The van der Waals surface area contributed by atoms with E-state index in [1.54, 1.807) is 0 Å². The fourth-order valence-electron chi connectivity index (χ4n) is 2.52. The molecule has 1 atom stereocenters. The number of hydrogen-bond acceptors (Lipinski definition) is 3. The highest BCUT2D eigenvalue weighted by atomic mass is 16.5. The quantitative estimate of drug-likeness (QED) is 0.607. The maximum absolute atomic E-state index is 12.0.